The van der Waals surface area contributed by atoms with Crippen molar-refractivity contribution in [2.75, 3.05) is 26.4 Å². The normalized spacial score (nSPS) is 11.8. The summed E-state index contributed by atoms with van der Waals surface area (Å²) in [5.41, 5.74) is 4.35. The molecule has 2 rings (SSSR count). The van der Waals surface area contributed by atoms with Gasteiger partial charge in [-0.3, -0.25) is 0 Å². The number of aryl methyl sites for hydroxylation is 2. The molecule has 0 amide bonds. The van der Waals surface area contributed by atoms with E-state index in [2.05, 4.69) is 64.1 Å². The summed E-state index contributed by atoms with van der Waals surface area (Å²) in [5, 5.41) is 0. The summed E-state index contributed by atoms with van der Waals surface area (Å²) in [5.74, 6) is 1.83. The first-order chi connectivity index (χ1) is 15.9. The summed E-state index contributed by atoms with van der Waals surface area (Å²) in [4.78, 5) is 0. The van der Waals surface area contributed by atoms with Crippen LogP contribution in [-0.4, -0.2) is 26.4 Å². The van der Waals surface area contributed by atoms with Crippen molar-refractivity contribution in [3.63, 3.8) is 0 Å². The van der Waals surface area contributed by atoms with E-state index in [0.717, 1.165) is 35.5 Å². The summed E-state index contributed by atoms with van der Waals surface area (Å²) in [6, 6.07) is 12.9. The molecule has 2 aromatic carbocycles. The molecule has 0 radical (unpaired) electrons. The molecule has 0 aliphatic carbocycles. The van der Waals surface area contributed by atoms with E-state index < -0.39 is 0 Å². The molecule has 0 bridgehead atoms. The topological polar surface area (TPSA) is 36.9 Å². The molecule has 0 saturated carbocycles. The number of benzene rings is 2. The second kappa shape index (κ2) is 13.6. The van der Waals surface area contributed by atoms with Crippen molar-refractivity contribution in [3.05, 3.63) is 83.3 Å². The lowest BCUT2D eigenvalue weighted by Gasteiger charge is -2.30. The van der Waals surface area contributed by atoms with Gasteiger partial charge in [0.2, 0.25) is 0 Å². The Morgan fingerprint density at radius 1 is 0.667 bits per heavy atom. The van der Waals surface area contributed by atoms with Gasteiger partial charge in [-0.15, -0.1) is 0 Å². The minimum Gasteiger partial charge on any atom is -0.501 e. The van der Waals surface area contributed by atoms with E-state index >= 15 is 0 Å². The Kier molecular flexibility index (Phi) is 10.9. The van der Waals surface area contributed by atoms with Gasteiger partial charge in [-0.1, -0.05) is 50.3 Å². The van der Waals surface area contributed by atoms with Crippen molar-refractivity contribution >= 4 is 0 Å². The number of allylic oxidation sites excluding steroid dienone is 2. The highest BCUT2D eigenvalue weighted by Crippen LogP contribution is 2.42. The quantitative estimate of drug-likeness (QED) is 0.223. The third kappa shape index (κ3) is 8.20. The van der Waals surface area contributed by atoms with Gasteiger partial charge in [0.05, 0.1) is 39.0 Å². The first kappa shape index (κ1) is 26.4. The van der Waals surface area contributed by atoms with Gasteiger partial charge in [0.1, 0.15) is 11.5 Å². The van der Waals surface area contributed by atoms with Gasteiger partial charge in [0, 0.05) is 29.4 Å². The summed E-state index contributed by atoms with van der Waals surface area (Å²) in [6.45, 7) is 15.0. The smallest absolute Gasteiger partial charge is 0.123 e. The molecule has 4 heteroatoms. The van der Waals surface area contributed by atoms with Crippen LogP contribution in [0.3, 0.4) is 0 Å². The molecule has 0 unspecified atom stereocenters. The summed E-state index contributed by atoms with van der Waals surface area (Å²) in [7, 11) is 0. The van der Waals surface area contributed by atoms with E-state index in [1.807, 2.05) is 26.0 Å². The molecule has 4 nitrogen and oxygen atoms in total. The Balaban J connectivity index is 2.20. The van der Waals surface area contributed by atoms with Gasteiger partial charge in [-0.05, 0) is 51.0 Å². The zero-order valence-electron chi connectivity index (χ0n) is 21.1. The second-order valence-electron chi connectivity index (χ2n) is 8.71. The zero-order chi connectivity index (χ0) is 24.1. The molecule has 33 heavy (non-hydrogen) atoms. The fourth-order valence-electron chi connectivity index (χ4n) is 3.65. The van der Waals surface area contributed by atoms with Crippen LogP contribution in [-0.2, 0) is 14.9 Å². The van der Waals surface area contributed by atoms with Gasteiger partial charge in [-0.25, -0.2) is 0 Å². The molecule has 0 atom stereocenters. The zero-order valence-corrected chi connectivity index (χ0v) is 21.1. The lowest BCUT2D eigenvalue weighted by molar-refractivity contribution is 0.206. The molecular formula is C29H40O4. The maximum absolute atomic E-state index is 6.24. The first-order valence-electron chi connectivity index (χ1n) is 11.8. The van der Waals surface area contributed by atoms with Gasteiger partial charge in [0.15, 0.2) is 0 Å². The Bertz CT molecular complexity index is 838. The van der Waals surface area contributed by atoms with Crippen molar-refractivity contribution in [1.82, 2.24) is 0 Å². The van der Waals surface area contributed by atoms with Crippen LogP contribution < -0.4 is 9.47 Å². The lowest BCUT2D eigenvalue weighted by Crippen LogP contribution is -2.22. The molecule has 0 saturated heterocycles. The fraction of sp³-hybridized carbons (Fsp3) is 0.448. The van der Waals surface area contributed by atoms with Crippen LogP contribution in [0.4, 0.5) is 0 Å². The highest BCUT2D eigenvalue weighted by atomic mass is 16.5. The third-order valence-corrected chi connectivity index (χ3v) is 5.41. The van der Waals surface area contributed by atoms with Gasteiger partial charge >= 0.3 is 0 Å². The van der Waals surface area contributed by atoms with Crippen molar-refractivity contribution in [2.45, 2.75) is 59.8 Å². The van der Waals surface area contributed by atoms with E-state index in [0.29, 0.717) is 26.4 Å². The van der Waals surface area contributed by atoms with E-state index in [9.17, 15) is 0 Å². The molecule has 2 aromatic rings. The van der Waals surface area contributed by atoms with Crippen LogP contribution in [0.2, 0.25) is 0 Å². The van der Waals surface area contributed by atoms with Crippen molar-refractivity contribution in [3.8, 4) is 11.5 Å². The second-order valence-corrected chi connectivity index (χ2v) is 8.71. The van der Waals surface area contributed by atoms with Gasteiger partial charge in [-0.2, -0.15) is 0 Å². The van der Waals surface area contributed by atoms with Crippen LogP contribution in [0, 0.1) is 13.8 Å². The SMILES string of the molecule is CC=COCCCOc1cc(C)ccc1C(C)(C)c1ccc(C)cc1OCCCOC=CC. The van der Waals surface area contributed by atoms with Crippen LogP contribution in [0.15, 0.2) is 61.1 Å². The predicted octanol–water partition coefficient (Wildman–Crippen LogP) is 7.27. The van der Waals surface area contributed by atoms with Gasteiger partial charge in [0.25, 0.3) is 0 Å². The van der Waals surface area contributed by atoms with Gasteiger partial charge < -0.3 is 18.9 Å². The van der Waals surface area contributed by atoms with E-state index in [-0.39, 0.29) is 5.41 Å². The molecule has 0 N–H and O–H groups in total. The third-order valence-electron chi connectivity index (χ3n) is 5.41. The van der Waals surface area contributed by atoms with Crippen LogP contribution in [0.1, 0.15) is 62.8 Å². The highest BCUT2D eigenvalue weighted by molar-refractivity contribution is 5.52. The van der Waals surface area contributed by atoms with Crippen LogP contribution >= 0.6 is 0 Å². The number of rotatable bonds is 14. The van der Waals surface area contributed by atoms with Crippen molar-refractivity contribution in [1.29, 1.82) is 0 Å². The summed E-state index contributed by atoms with van der Waals surface area (Å²) < 4.78 is 23.3. The van der Waals surface area contributed by atoms with Crippen LogP contribution in [0.25, 0.3) is 0 Å². The Hall–Kier alpha value is -2.88. The lowest BCUT2D eigenvalue weighted by atomic mass is 9.76. The molecule has 0 spiro atoms. The minimum atomic E-state index is -0.297. The minimum absolute atomic E-state index is 0.297. The average Bonchev–Trinajstić information content (AvgIpc) is 2.78. The molecular weight excluding hydrogens is 412 g/mol. The molecule has 0 fully saturated rings. The average molecular weight is 453 g/mol. The molecule has 180 valence electrons. The predicted molar refractivity (Wildman–Crippen MR) is 136 cm³/mol. The van der Waals surface area contributed by atoms with Crippen molar-refractivity contribution < 1.29 is 18.9 Å². The van der Waals surface area contributed by atoms with Crippen LogP contribution in [0.5, 0.6) is 11.5 Å². The fourth-order valence-corrected chi connectivity index (χ4v) is 3.65. The standard InChI is InChI=1S/C29H40O4/c1-7-15-30-17-9-19-32-27-21-23(3)11-13-25(27)29(5,6)26-14-12-24(4)22-28(26)33-20-10-18-31-16-8-2/h7-8,11-16,21-22H,9-10,17-20H2,1-6H3. The van der Waals surface area contributed by atoms with E-state index in [1.165, 1.54) is 11.1 Å². The molecule has 0 heterocycles. The summed E-state index contributed by atoms with van der Waals surface area (Å²) >= 11 is 0. The Labute approximate surface area is 200 Å². The monoisotopic (exact) mass is 452 g/mol. The van der Waals surface area contributed by atoms with E-state index in [4.69, 9.17) is 18.9 Å². The Morgan fingerprint density at radius 2 is 1.09 bits per heavy atom. The maximum Gasteiger partial charge on any atom is 0.123 e. The number of hydrogen-bond donors (Lipinski definition) is 0. The first-order valence-corrected chi connectivity index (χ1v) is 11.8. The number of ether oxygens (including phenoxy) is 4. The Morgan fingerprint density at radius 3 is 1.48 bits per heavy atom. The van der Waals surface area contributed by atoms with E-state index in [1.54, 1.807) is 12.5 Å². The molecule has 0 aromatic heterocycles. The maximum atomic E-state index is 6.24. The van der Waals surface area contributed by atoms with Crippen molar-refractivity contribution in [2.24, 2.45) is 0 Å². The molecule has 0 aliphatic heterocycles. The molecule has 0 aliphatic rings. The highest BCUT2D eigenvalue weighted by Gasteiger charge is 2.30. The number of hydrogen-bond acceptors (Lipinski definition) is 4. The summed E-state index contributed by atoms with van der Waals surface area (Å²) in [6.07, 6.45) is 8.86. The largest absolute Gasteiger partial charge is 0.501 e.